The number of hydrogen-bond acceptors (Lipinski definition) is 3. The first-order valence-corrected chi connectivity index (χ1v) is 6.99. The number of Topliss-reactive ketones (excluding diaryl/α,β-unsaturated/α-hetero) is 1. The minimum atomic E-state index is 0.0825. The van der Waals surface area contributed by atoms with E-state index in [4.69, 9.17) is 0 Å². The molecule has 0 aromatic rings. The Kier molecular flexibility index (Phi) is 6.33. The number of carbonyl (C=O) groups is 2. The molecule has 1 rings (SSSR count). The van der Waals surface area contributed by atoms with Crippen LogP contribution in [0, 0.1) is 5.92 Å². The van der Waals surface area contributed by atoms with Crippen molar-refractivity contribution < 1.29 is 9.59 Å². The molecule has 1 saturated heterocycles. The molecule has 1 N–H and O–H groups in total. The van der Waals surface area contributed by atoms with Crippen molar-refractivity contribution in [3.63, 3.8) is 0 Å². The van der Waals surface area contributed by atoms with E-state index in [9.17, 15) is 9.59 Å². The second-order valence-corrected chi connectivity index (χ2v) is 5.72. The molecule has 0 saturated carbocycles. The van der Waals surface area contributed by atoms with Crippen LogP contribution in [0.15, 0.2) is 0 Å². The van der Waals surface area contributed by atoms with Crippen LogP contribution in [-0.2, 0) is 9.59 Å². The molecule has 1 unspecified atom stereocenters. The minimum absolute atomic E-state index is 0.0825. The van der Waals surface area contributed by atoms with Crippen molar-refractivity contribution >= 4 is 11.7 Å². The zero-order valence-corrected chi connectivity index (χ0v) is 11.9. The number of piperidine rings is 1. The lowest BCUT2D eigenvalue weighted by Crippen LogP contribution is -2.46. The Morgan fingerprint density at radius 3 is 2.67 bits per heavy atom. The van der Waals surface area contributed by atoms with E-state index >= 15 is 0 Å². The van der Waals surface area contributed by atoms with Crippen molar-refractivity contribution in [2.24, 2.45) is 5.92 Å². The molecule has 104 valence electrons. The number of carbonyl (C=O) groups excluding carboxylic acids is 2. The van der Waals surface area contributed by atoms with E-state index in [0.29, 0.717) is 18.9 Å². The molecular weight excluding hydrogens is 228 g/mol. The Balaban J connectivity index is 2.41. The van der Waals surface area contributed by atoms with Crippen LogP contribution in [0.1, 0.15) is 46.5 Å². The number of ketones is 1. The van der Waals surface area contributed by atoms with Gasteiger partial charge in [0, 0.05) is 19.0 Å². The van der Waals surface area contributed by atoms with Gasteiger partial charge in [0.25, 0.3) is 0 Å². The summed E-state index contributed by atoms with van der Waals surface area (Å²) in [5.41, 5.74) is 0. The third-order valence-corrected chi connectivity index (χ3v) is 3.33. The summed E-state index contributed by atoms with van der Waals surface area (Å²) in [5, 5.41) is 2.94. The Morgan fingerprint density at radius 2 is 2.06 bits per heavy atom. The average molecular weight is 254 g/mol. The second-order valence-electron chi connectivity index (χ2n) is 5.72. The summed E-state index contributed by atoms with van der Waals surface area (Å²) in [4.78, 5) is 25.2. The maximum atomic E-state index is 11.8. The van der Waals surface area contributed by atoms with E-state index < -0.39 is 0 Å². The van der Waals surface area contributed by atoms with Gasteiger partial charge in [0.05, 0.1) is 6.54 Å². The van der Waals surface area contributed by atoms with Gasteiger partial charge >= 0.3 is 0 Å². The van der Waals surface area contributed by atoms with Crippen LogP contribution in [0.3, 0.4) is 0 Å². The van der Waals surface area contributed by atoms with Crippen molar-refractivity contribution in [1.82, 2.24) is 10.2 Å². The van der Waals surface area contributed by atoms with E-state index in [2.05, 4.69) is 24.1 Å². The van der Waals surface area contributed by atoms with Gasteiger partial charge in [-0.1, -0.05) is 20.3 Å². The van der Waals surface area contributed by atoms with Crippen molar-refractivity contribution in [3.05, 3.63) is 0 Å². The maximum Gasteiger partial charge on any atom is 0.234 e. The highest BCUT2D eigenvalue weighted by molar-refractivity contribution is 5.78. The number of likely N-dealkylation sites (tertiary alicyclic amines) is 1. The molecule has 18 heavy (non-hydrogen) atoms. The van der Waals surface area contributed by atoms with Crippen LogP contribution in [0.25, 0.3) is 0 Å². The lowest BCUT2D eigenvalue weighted by molar-refractivity contribution is -0.125. The highest BCUT2D eigenvalue weighted by Gasteiger charge is 2.25. The lowest BCUT2D eigenvalue weighted by Gasteiger charge is -2.34. The summed E-state index contributed by atoms with van der Waals surface area (Å²) in [6.45, 7) is 7.90. The molecule has 0 aromatic carbocycles. The van der Waals surface area contributed by atoms with Gasteiger partial charge < -0.3 is 5.32 Å². The van der Waals surface area contributed by atoms with Crippen LogP contribution in [0.4, 0.5) is 0 Å². The summed E-state index contributed by atoms with van der Waals surface area (Å²) >= 11 is 0. The van der Waals surface area contributed by atoms with Gasteiger partial charge in [0.2, 0.25) is 5.91 Å². The predicted octanol–water partition coefficient (Wildman–Crippen LogP) is 1.59. The first-order chi connectivity index (χ1) is 8.49. The first-order valence-electron chi connectivity index (χ1n) is 6.99. The number of rotatable bonds is 6. The number of hydrogen-bond donors (Lipinski definition) is 1. The van der Waals surface area contributed by atoms with Crippen LogP contribution in [-0.4, -0.2) is 42.3 Å². The molecule has 0 aliphatic carbocycles. The van der Waals surface area contributed by atoms with Gasteiger partial charge in [0.15, 0.2) is 0 Å². The van der Waals surface area contributed by atoms with E-state index in [1.807, 2.05) is 0 Å². The van der Waals surface area contributed by atoms with Gasteiger partial charge in [-0.05, 0) is 32.2 Å². The van der Waals surface area contributed by atoms with Crippen LogP contribution < -0.4 is 5.32 Å². The average Bonchev–Trinajstić information content (AvgIpc) is 2.28. The van der Waals surface area contributed by atoms with Gasteiger partial charge in [0.1, 0.15) is 5.78 Å². The first kappa shape index (κ1) is 15.2. The molecule has 1 aliphatic heterocycles. The van der Waals surface area contributed by atoms with Crippen molar-refractivity contribution in [2.45, 2.75) is 52.5 Å². The molecule has 1 heterocycles. The zero-order chi connectivity index (χ0) is 13.5. The highest BCUT2D eigenvalue weighted by Crippen LogP contribution is 2.19. The summed E-state index contributed by atoms with van der Waals surface area (Å²) in [6, 6.07) is 0.265. The molecule has 1 fully saturated rings. The molecule has 0 radical (unpaired) electrons. The maximum absolute atomic E-state index is 11.8. The second kappa shape index (κ2) is 7.52. The van der Waals surface area contributed by atoms with Crippen LogP contribution in [0.5, 0.6) is 0 Å². The molecule has 1 atom stereocenters. The highest BCUT2D eigenvalue weighted by atomic mass is 16.2. The summed E-state index contributed by atoms with van der Waals surface area (Å²) in [5.74, 6) is 0.775. The summed E-state index contributed by atoms with van der Waals surface area (Å²) in [6.07, 6.45) is 3.92. The van der Waals surface area contributed by atoms with E-state index in [-0.39, 0.29) is 17.7 Å². The Labute approximate surface area is 110 Å². The molecule has 0 aromatic heterocycles. The summed E-state index contributed by atoms with van der Waals surface area (Å²) < 4.78 is 0. The van der Waals surface area contributed by atoms with E-state index in [1.165, 1.54) is 6.42 Å². The quantitative estimate of drug-likeness (QED) is 0.783. The molecule has 0 bridgehead atoms. The van der Waals surface area contributed by atoms with Crippen molar-refractivity contribution in [3.8, 4) is 0 Å². The fourth-order valence-corrected chi connectivity index (χ4v) is 2.39. The van der Waals surface area contributed by atoms with Crippen molar-refractivity contribution in [2.75, 3.05) is 19.6 Å². The number of amides is 1. The molecule has 4 nitrogen and oxygen atoms in total. The van der Waals surface area contributed by atoms with Gasteiger partial charge in [-0.25, -0.2) is 0 Å². The van der Waals surface area contributed by atoms with E-state index in [1.54, 1.807) is 6.92 Å². The van der Waals surface area contributed by atoms with Crippen LogP contribution >= 0.6 is 0 Å². The molecule has 1 aliphatic rings. The Morgan fingerprint density at radius 1 is 1.33 bits per heavy atom. The van der Waals surface area contributed by atoms with Crippen LogP contribution in [0.2, 0.25) is 0 Å². The lowest BCUT2D eigenvalue weighted by atomic mass is 9.98. The minimum Gasteiger partial charge on any atom is -0.355 e. The monoisotopic (exact) mass is 254 g/mol. The molecule has 1 amide bonds. The zero-order valence-electron chi connectivity index (χ0n) is 11.9. The van der Waals surface area contributed by atoms with Gasteiger partial charge in [-0.3, -0.25) is 14.5 Å². The third-order valence-electron chi connectivity index (χ3n) is 3.33. The van der Waals surface area contributed by atoms with E-state index in [0.717, 1.165) is 25.9 Å². The topological polar surface area (TPSA) is 49.4 Å². The molecule has 0 spiro atoms. The smallest absolute Gasteiger partial charge is 0.234 e. The largest absolute Gasteiger partial charge is 0.355 e. The summed E-state index contributed by atoms with van der Waals surface area (Å²) in [7, 11) is 0. The van der Waals surface area contributed by atoms with Crippen molar-refractivity contribution in [1.29, 1.82) is 0 Å². The fourth-order valence-electron chi connectivity index (χ4n) is 2.39. The normalized spacial score (nSPS) is 21.0. The standard InChI is InChI=1S/C14H26N2O2/c1-11(2)9-15-14(18)10-16-7-5-4-6-13(16)8-12(3)17/h11,13H,4-10H2,1-3H3,(H,15,18). The van der Waals surface area contributed by atoms with Gasteiger partial charge in [-0.15, -0.1) is 0 Å². The predicted molar refractivity (Wildman–Crippen MR) is 72.4 cm³/mol. The number of nitrogens with one attached hydrogen (secondary N) is 1. The Bertz CT molecular complexity index is 290. The SMILES string of the molecule is CC(=O)CC1CCCCN1CC(=O)NCC(C)C. The number of nitrogens with zero attached hydrogens (tertiary/aromatic N) is 1. The molecular formula is C14H26N2O2. The third kappa shape index (κ3) is 5.63. The van der Waals surface area contributed by atoms with Gasteiger partial charge in [-0.2, -0.15) is 0 Å². The Hall–Kier alpha value is -0.900. The molecule has 4 heteroatoms. The fraction of sp³-hybridized carbons (Fsp3) is 0.857.